The van der Waals surface area contributed by atoms with Crippen LogP contribution in [0.4, 0.5) is 0 Å². The van der Waals surface area contributed by atoms with E-state index in [1.165, 1.54) is 5.56 Å². The summed E-state index contributed by atoms with van der Waals surface area (Å²) in [4.78, 5) is 29.2. The van der Waals surface area contributed by atoms with Gasteiger partial charge in [-0.2, -0.15) is 0 Å². The molecule has 4 rings (SSSR count). The molecule has 2 aliphatic heterocycles. The molecular weight excluding hydrogens is 344 g/mol. The van der Waals surface area contributed by atoms with Crippen molar-refractivity contribution >= 4 is 11.8 Å². The lowest BCUT2D eigenvalue weighted by Crippen LogP contribution is -2.46. The molecule has 6 heteroatoms. The van der Waals surface area contributed by atoms with Crippen LogP contribution < -0.4 is 9.47 Å². The van der Waals surface area contributed by atoms with Crippen molar-refractivity contribution in [3.8, 4) is 11.5 Å². The van der Waals surface area contributed by atoms with Gasteiger partial charge in [0.15, 0.2) is 11.5 Å². The molecule has 27 heavy (non-hydrogen) atoms. The molecule has 0 atom stereocenters. The van der Waals surface area contributed by atoms with Crippen LogP contribution in [-0.4, -0.2) is 55.5 Å². The number of methoxy groups -OCH3 is 2. The van der Waals surface area contributed by atoms with Crippen LogP contribution in [0.3, 0.4) is 0 Å². The minimum atomic E-state index is 0.0370. The Morgan fingerprint density at radius 3 is 1.96 bits per heavy atom. The molecule has 1 saturated carbocycles. The molecule has 1 aliphatic carbocycles. The summed E-state index contributed by atoms with van der Waals surface area (Å²) in [5.41, 5.74) is 2.36. The number of fused-ring (bicyclic) bond motifs is 1. The molecule has 1 saturated heterocycles. The van der Waals surface area contributed by atoms with Crippen LogP contribution in [0.1, 0.15) is 36.8 Å². The van der Waals surface area contributed by atoms with Gasteiger partial charge in [0.05, 0.1) is 14.2 Å². The number of carbonyl (C=O) groups is 2. The molecule has 0 aromatic heterocycles. The first-order chi connectivity index (χ1) is 13.1. The molecule has 0 radical (unpaired) electrons. The number of benzene rings is 1. The van der Waals surface area contributed by atoms with Gasteiger partial charge in [0.25, 0.3) is 0 Å². The lowest BCUT2D eigenvalue weighted by Gasteiger charge is -2.36. The molecule has 2 fully saturated rings. The van der Waals surface area contributed by atoms with Gasteiger partial charge < -0.3 is 19.3 Å². The summed E-state index contributed by atoms with van der Waals surface area (Å²) in [5, 5.41) is 0. The molecule has 146 valence electrons. The van der Waals surface area contributed by atoms with Crippen LogP contribution in [-0.2, 0) is 22.6 Å². The number of amides is 2. The maximum absolute atomic E-state index is 13.0. The highest BCUT2D eigenvalue weighted by Gasteiger charge is 2.37. The van der Waals surface area contributed by atoms with Gasteiger partial charge in [0, 0.05) is 38.0 Å². The second-order valence-electron chi connectivity index (χ2n) is 7.86. The topological polar surface area (TPSA) is 59.1 Å². The van der Waals surface area contributed by atoms with Crippen LogP contribution in [0, 0.1) is 11.8 Å². The quantitative estimate of drug-likeness (QED) is 0.813. The Morgan fingerprint density at radius 1 is 0.815 bits per heavy atom. The van der Waals surface area contributed by atoms with E-state index in [-0.39, 0.29) is 17.7 Å². The Hall–Kier alpha value is -2.24. The molecule has 0 N–H and O–H groups in total. The van der Waals surface area contributed by atoms with E-state index < -0.39 is 0 Å². The lowest BCUT2D eigenvalue weighted by atomic mass is 9.92. The van der Waals surface area contributed by atoms with Crippen molar-refractivity contribution in [2.24, 2.45) is 11.8 Å². The highest BCUT2D eigenvalue weighted by atomic mass is 16.5. The zero-order valence-corrected chi connectivity index (χ0v) is 16.2. The van der Waals surface area contributed by atoms with Gasteiger partial charge in [-0.05, 0) is 55.4 Å². The molecule has 1 aromatic carbocycles. The van der Waals surface area contributed by atoms with E-state index in [1.807, 2.05) is 21.9 Å². The predicted octanol–water partition coefficient (Wildman–Crippen LogP) is 2.24. The number of rotatable bonds is 4. The third-order valence-corrected chi connectivity index (χ3v) is 6.11. The summed E-state index contributed by atoms with van der Waals surface area (Å²) in [6.45, 7) is 2.81. The van der Waals surface area contributed by atoms with Gasteiger partial charge in [-0.25, -0.2) is 0 Å². The summed E-state index contributed by atoms with van der Waals surface area (Å²) in [5.74, 6) is 2.28. The third-order valence-electron chi connectivity index (χ3n) is 6.11. The predicted molar refractivity (Wildman–Crippen MR) is 101 cm³/mol. The lowest BCUT2D eigenvalue weighted by molar-refractivity contribution is -0.141. The van der Waals surface area contributed by atoms with Gasteiger partial charge in [0.2, 0.25) is 11.8 Å². The number of likely N-dealkylation sites (tertiary alicyclic amines) is 1. The number of carbonyl (C=O) groups excluding carboxylic acids is 2. The van der Waals surface area contributed by atoms with Crippen LogP contribution in [0.5, 0.6) is 11.5 Å². The van der Waals surface area contributed by atoms with E-state index in [9.17, 15) is 9.59 Å². The second kappa shape index (κ2) is 7.41. The molecule has 0 spiro atoms. The Morgan fingerprint density at radius 2 is 1.37 bits per heavy atom. The van der Waals surface area contributed by atoms with Crippen molar-refractivity contribution in [1.82, 2.24) is 9.80 Å². The Labute approximate surface area is 160 Å². The molecular formula is C21H28N2O4. The fourth-order valence-corrected chi connectivity index (χ4v) is 4.26. The maximum atomic E-state index is 13.0. The highest BCUT2D eigenvalue weighted by Crippen LogP contribution is 2.35. The highest BCUT2D eigenvalue weighted by molar-refractivity contribution is 5.82. The fourth-order valence-electron chi connectivity index (χ4n) is 4.26. The molecule has 0 bridgehead atoms. The van der Waals surface area contributed by atoms with E-state index in [1.54, 1.807) is 14.2 Å². The summed E-state index contributed by atoms with van der Waals surface area (Å²) in [6, 6.07) is 4.02. The largest absolute Gasteiger partial charge is 0.493 e. The van der Waals surface area contributed by atoms with E-state index in [2.05, 4.69) is 0 Å². The number of ether oxygens (including phenoxy) is 2. The summed E-state index contributed by atoms with van der Waals surface area (Å²) in [7, 11) is 3.27. The Balaban J connectivity index is 1.38. The van der Waals surface area contributed by atoms with E-state index >= 15 is 0 Å². The normalized spacial score (nSPS) is 20.2. The summed E-state index contributed by atoms with van der Waals surface area (Å²) in [6.07, 6.45) is 4.48. The minimum Gasteiger partial charge on any atom is -0.493 e. The summed E-state index contributed by atoms with van der Waals surface area (Å²) < 4.78 is 10.8. The maximum Gasteiger partial charge on any atom is 0.226 e. The standard InChI is InChI=1S/C21H28N2O4/c1-26-18-11-16-7-10-23(13-17(16)12-19(18)27-2)21(25)15-5-8-22(9-6-15)20(24)14-3-4-14/h11-12,14-15H,3-10,13H2,1-2H3. The van der Waals surface area contributed by atoms with Gasteiger partial charge in [-0.1, -0.05) is 0 Å². The van der Waals surface area contributed by atoms with Crippen molar-refractivity contribution in [3.63, 3.8) is 0 Å². The van der Waals surface area contributed by atoms with Gasteiger partial charge in [-0.3, -0.25) is 9.59 Å². The zero-order valence-electron chi connectivity index (χ0n) is 16.2. The number of hydrogen-bond acceptors (Lipinski definition) is 4. The first-order valence-corrected chi connectivity index (χ1v) is 9.92. The van der Waals surface area contributed by atoms with Crippen molar-refractivity contribution < 1.29 is 19.1 Å². The number of piperidine rings is 1. The molecule has 0 unspecified atom stereocenters. The average molecular weight is 372 g/mol. The average Bonchev–Trinajstić information content (AvgIpc) is 3.56. The molecule has 1 aromatic rings. The van der Waals surface area contributed by atoms with Gasteiger partial charge in [-0.15, -0.1) is 0 Å². The van der Waals surface area contributed by atoms with Crippen LogP contribution in [0.2, 0.25) is 0 Å². The zero-order chi connectivity index (χ0) is 19.0. The van der Waals surface area contributed by atoms with Crippen molar-refractivity contribution in [3.05, 3.63) is 23.3 Å². The second-order valence-corrected chi connectivity index (χ2v) is 7.86. The van der Waals surface area contributed by atoms with E-state index in [0.29, 0.717) is 18.2 Å². The molecule has 3 aliphatic rings. The summed E-state index contributed by atoms with van der Waals surface area (Å²) >= 11 is 0. The van der Waals surface area contributed by atoms with Gasteiger partial charge >= 0.3 is 0 Å². The van der Waals surface area contributed by atoms with Crippen molar-refractivity contribution in [2.45, 2.75) is 38.6 Å². The fraction of sp³-hybridized carbons (Fsp3) is 0.619. The van der Waals surface area contributed by atoms with Crippen molar-refractivity contribution in [2.75, 3.05) is 33.9 Å². The Kier molecular flexibility index (Phi) is 4.98. The SMILES string of the molecule is COc1cc2c(cc1OC)CN(C(=O)C1CCN(C(=O)C3CC3)CC1)CC2. The number of nitrogens with zero attached hydrogens (tertiary/aromatic N) is 2. The van der Waals surface area contributed by atoms with E-state index in [0.717, 1.165) is 63.1 Å². The molecule has 2 heterocycles. The van der Waals surface area contributed by atoms with Crippen LogP contribution >= 0.6 is 0 Å². The third kappa shape index (κ3) is 3.62. The van der Waals surface area contributed by atoms with Crippen molar-refractivity contribution in [1.29, 1.82) is 0 Å². The molecule has 6 nitrogen and oxygen atoms in total. The minimum absolute atomic E-state index is 0.0370. The first kappa shape index (κ1) is 18.1. The monoisotopic (exact) mass is 372 g/mol. The molecule has 2 amide bonds. The van der Waals surface area contributed by atoms with Crippen LogP contribution in [0.25, 0.3) is 0 Å². The smallest absolute Gasteiger partial charge is 0.226 e. The van der Waals surface area contributed by atoms with Gasteiger partial charge in [0.1, 0.15) is 0 Å². The number of hydrogen-bond donors (Lipinski definition) is 0. The Bertz CT molecular complexity index is 736. The van der Waals surface area contributed by atoms with E-state index in [4.69, 9.17) is 9.47 Å². The first-order valence-electron chi connectivity index (χ1n) is 9.92. The van der Waals surface area contributed by atoms with Crippen LogP contribution in [0.15, 0.2) is 12.1 Å².